The Morgan fingerprint density at radius 1 is 0.864 bits per heavy atom. The Hall–Kier alpha value is -0.360. The molecule has 0 aliphatic carbocycles. The lowest BCUT2D eigenvalue weighted by atomic mass is 10.1. The molecular formula is C16H36ClN3O2. The van der Waals surface area contributed by atoms with Gasteiger partial charge in [0.2, 0.25) is 0 Å². The molecule has 0 aromatic carbocycles. The molecule has 0 saturated heterocycles. The van der Waals surface area contributed by atoms with E-state index in [0.717, 1.165) is 13.0 Å². The number of nitrogens with zero attached hydrogens (tertiary/aromatic N) is 1. The van der Waals surface area contributed by atoms with Crippen LogP contribution in [0.1, 0.15) is 58.3 Å². The molecule has 22 heavy (non-hydrogen) atoms. The van der Waals surface area contributed by atoms with E-state index < -0.39 is 5.97 Å². The maximum Gasteiger partial charge on any atom is 0.359 e. The fourth-order valence-corrected chi connectivity index (χ4v) is 2.99. The second-order valence-electron chi connectivity index (χ2n) is 6.12. The van der Waals surface area contributed by atoms with E-state index in [1.165, 1.54) is 44.9 Å². The van der Waals surface area contributed by atoms with Crippen LogP contribution >= 0.6 is 0 Å². The van der Waals surface area contributed by atoms with Crippen molar-refractivity contribution in [2.75, 3.05) is 39.3 Å². The summed E-state index contributed by atoms with van der Waals surface area (Å²) in [6.45, 7) is 5.71. The van der Waals surface area contributed by atoms with Crippen molar-refractivity contribution in [2.24, 2.45) is 11.5 Å². The van der Waals surface area contributed by atoms with Gasteiger partial charge in [-0.2, -0.15) is 0 Å². The number of hydrogen-bond donors (Lipinski definition) is 3. The van der Waals surface area contributed by atoms with Gasteiger partial charge in [-0.15, -0.1) is 0 Å². The lowest BCUT2D eigenvalue weighted by Crippen LogP contribution is -3.00. The van der Waals surface area contributed by atoms with Gasteiger partial charge in [0, 0.05) is 13.1 Å². The van der Waals surface area contributed by atoms with Crippen molar-refractivity contribution in [3.63, 3.8) is 0 Å². The molecule has 0 heterocycles. The quantitative estimate of drug-likeness (QED) is 0.263. The lowest BCUT2D eigenvalue weighted by Gasteiger charge is -2.37. The summed E-state index contributed by atoms with van der Waals surface area (Å²) in [6.07, 6.45) is 10.1. The third-order valence-electron chi connectivity index (χ3n) is 4.16. The van der Waals surface area contributed by atoms with E-state index in [-0.39, 0.29) is 19.0 Å². The van der Waals surface area contributed by atoms with Gasteiger partial charge in [-0.3, -0.25) is 0 Å². The molecule has 0 unspecified atom stereocenters. The normalized spacial score (nSPS) is 11.2. The number of carboxylic acids is 1. The molecule has 0 bridgehead atoms. The van der Waals surface area contributed by atoms with E-state index in [9.17, 15) is 4.79 Å². The SMILES string of the molecule is CCCCCCCCCC[N+](CCN)(CCN)CC(=O)O.[Cl-]. The van der Waals surface area contributed by atoms with Crippen molar-refractivity contribution in [3.8, 4) is 0 Å². The second-order valence-corrected chi connectivity index (χ2v) is 6.12. The van der Waals surface area contributed by atoms with E-state index in [2.05, 4.69) is 6.92 Å². The van der Waals surface area contributed by atoms with Gasteiger partial charge >= 0.3 is 5.97 Å². The number of aliphatic carboxylic acids is 1. The van der Waals surface area contributed by atoms with E-state index >= 15 is 0 Å². The molecule has 0 fully saturated rings. The monoisotopic (exact) mass is 337 g/mol. The molecule has 0 spiro atoms. The Balaban J connectivity index is 0. The maximum atomic E-state index is 11.1. The maximum absolute atomic E-state index is 11.1. The fraction of sp³-hybridized carbons (Fsp3) is 0.938. The molecule has 0 radical (unpaired) electrons. The summed E-state index contributed by atoms with van der Waals surface area (Å²) in [5.74, 6) is -0.753. The van der Waals surface area contributed by atoms with Crippen molar-refractivity contribution in [1.29, 1.82) is 0 Å². The zero-order valence-corrected chi connectivity index (χ0v) is 15.0. The number of quaternary nitrogens is 1. The molecule has 0 atom stereocenters. The largest absolute Gasteiger partial charge is 1.00 e. The van der Waals surface area contributed by atoms with Crippen LogP contribution in [-0.4, -0.2) is 54.8 Å². The fourth-order valence-electron chi connectivity index (χ4n) is 2.99. The number of unbranched alkanes of at least 4 members (excludes halogenated alkanes) is 7. The Bertz CT molecular complexity index is 260. The average molecular weight is 338 g/mol. The molecule has 134 valence electrons. The van der Waals surface area contributed by atoms with Crippen molar-refractivity contribution in [2.45, 2.75) is 58.3 Å². The third kappa shape index (κ3) is 12.2. The van der Waals surface area contributed by atoms with Gasteiger partial charge in [0.05, 0.1) is 19.6 Å². The van der Waals surface area contributed by atoms with Crippen LogP contribution in [0.2, 0.25) is 0 Å². The predicted octanol–water partition coefficient (Wildman–Crippen LogP) is -1.05. The van der Waals surface area contributed by atoms with Crippen LogP contribution in [0.3, 0.4) is 0 Å². The minimum Gasteiger partial charge on any atom is -1.00 e. The summed E-state index contributed by atoms with van der Waals surface area (Å²) in [5, 5.41) is 9.13. The van der Waals surface area contributed by atoms with E-state index in [0.29, 0.717) is 30.7 Å². The minimum absolute atomic E-state index is 0. The first-order valence-electron chi connectivity index (χ1n) is 8.57. The van der Waals surface area contributed by atoms with Gasteiger partial charge in [-0.05, 0) is 12.8 Å². The highest BCUT2D eigenvalue weighted by atomic mass is 35.5. The van der Waals surface area contributed by atoms with Crippen LogP contribution in [0.15, 0.2) is 0 Å². The molecule has 0 aliphatic rings. The van der Waals surface area contributed by atoms with Gasteiger partial charge in [0.25, 0.3) is 0 Å². The molecule has 0 aromatic rings. The topological polar surface area (TPSA) is 89.3 Å². The number of carbonyl (C=O) groups is 1. The van der Waals surface area contributed by atoms with Crippen LogP contribution < -0.4 is 23.9 Å². The molecule has 0 aliphatic heterocycles. The summed E-state index contributed by atoms with van der Waals surface area (Å²) < 4.78 is 0.540. The van der Waals surface area contributed by atoms with Gasteiger partial charge in [0.1, 0.15) is 0 Å². The van der Waals surface area contributed by atoms with Crippen LogP contribution in [-0.2, 0) is 4.79 Å². The Kier molecular flexibility index (Phi) is 16.9. The highest BCUT2D eigenvalue weighted by Crippen LogP contribution is 2.12. The number of halogens is 1. The first kappa shape index (κ1) is 23.9. The molecular weight excluding hydrogens is 302 g/mol. The van der Waals surface area contributed by atoms with Gasteiger partial charge < -0.3 is 33.5 Å². The van der Waals surface area contributed by atoms with Crippen LogP contribution in [0.5, 0.6) is 0 Å². The summed E-state index contributed by atoms with van der Waals surface area (Å²) in [7, 11) is 0. The summed E-state index contributed by atoms with van der Waals surface area (Å²) in [6, 6.07) is 0. The lowest BCUT2D eigenvalue weighted by molar-refractivity contribution is -0.919. The molecule has 0 aromatic heterocycles. The highest BCUT2D eigenvalue weighted by molar-refractivity contribution is 5.67. The predicted molar refractivity (Wildman–Crippen MR) is 88.1 cm³/mol. The van der Waals surface area contributed by atoms with Gasteiger partial charge in [0.15, 0.2) is 6.54 Å². The number of hydrogen-bond acceptors (Lipinski definition) is 3. The average Bonchev–Trinajstić information content (AvgIpc) is 2.41. The number of carboxylic acid groups (broad SMARTS) is 1. The van der Waals surface area contributed by atoms with Crippen molar-refractivity contribution >= 4 is 5.97 Å². The third-order valence-corrected chi connectivity index (χ3v) is 4.16. The number of rotatable bonds is 15. The van der Waals surface area contributed by atoms with Crippen molar-refractivity contribution in [3.05, 3.63) is 0 Å². The van der Waals surface area contributed by atoms with Crippen LogP contribution in [0, 0.1) is 0 Å². The zero-order chi connectivity index (χ0) is 16.0. The number of nitrogens with two attached hydrogens (primary N) is 2. The van der Waals surface area contributed by atoms with Crippen molar-refractivity contribution in [1.82, 2.24) is 0 Å². The first-order valence-corrected chi connectivity index (χ1v) is 8.57. The molecule has 5 nitrogen and oxygen atoms in total. The Labute approximate surface area is 142 Å². The Morgan fingerprint density at radius 3 is 1.73 bits per heavy atom. The standard InChI is InChI=1S/C16H35N3O2.ClH/c1-2-3-4-5-6-7-8-9-12-19(13-10-17,14-11-18)15-16(20)21;/h2-15,17-18H2,1H3;1H. The summed E-state index contributed by atoms with van der Waals surface area (Å²) >= 11 is 0. The molecule has 0 amide bonds. The van der Waals surface area contributed by atoms with E-state index in [1.54, 1.807) is 0 Å². The van der Waals surface area contributed by atoms with Crippen LogP contribution in [0.25, 0.3) is 0 Å². The summed E-state index contributed by atoms with van der Waals surface area (Å²) in [4.78, 5) is 11.1. The Morgan fingerprint density at radius 2 is 1.32 bits per heavy atom. The minimum atomic E-state index is -0.753. The van der Waals surface area contributed by atoms with Gasteiger partial charge in [-0.25, -0.2) is 4.79 Å². The molecule has 6 heteroatoms. The zero-order valence-electron chi connectivity index (χ0n) is 14.2. The second kappa shape index (κ2) is 15.5. The van der Waals surface area contributed by atoms with Gasteiger partial charge in [-0.1, -0.05) is 45.4 Å². The molecule has 0 saturated carbocycles. The summed E-state index contributed by atoms with van der Waals surface area (Å²) in [5.41, 5.74) is 11.3. The molecule has 0 rings (SSSR count). The van der Waals surface area contributed by atoms with Crippen LogP contribution in [0.4, 0.5) is 0 Å². The highest BCUT2D eigenvalue weighted by Gasteiger charge is 2.28. The van der Waals surface area contributed by atoms with E-state index in [1.807, 2.05) is 0 Å². The van der Waals surface area contributed by atoms with Crippen molar-refractivity contribution < 1.29 is 26.8 Å². The first-order chi connectivity index (χ1) is 10.1. The smallest absolute Gasteiger partial charge is 0.359 e. The van der Waals surface area contributed by atoms with E-state index in [4.69, 9.17) is 16.6 Å². The molecule has 5 N–H and O–H groups in total.